The monoisotopic (exact) mass is 269 g/mol. The molecule has 106 valence electrons. The molecular weight excluding hydrogens is 249 g/mol. The molecule has 1 unspecified atom stereocenters. The molecule has 0 aliphatic carbocycles. The number of rotatable bonds is 4. The summed E-state index contributed by atoms with van der Waals surface area (Å²) in [5.41, 5.74) is 6.31. The Morgan fingerprint density at radius 1 is 1.42 bits per heavy atom. The fourth-order valence-electron chi connectivity index (χ4n) is 2.33. The predicted molar refractivity (Wildman–Crippen MR) is 70.6 cm³/mol. The van der Waals surface area contributed by atoms with Crippen LogP contribution >= 0.6 is 0 Å². The van der Waals surface area contributed by atoms with E-state index in [0.717, 1.165) is 12.8 Å². The molecule has 19 heavy (non-hydrogen) atoms. The van der Waals surface area contributed by atoms with Crippen molar-refractivity contribution >= 4 is 0 Å². The van der Waals surface area contributed by atoms with E-state index in [1.807, 2.05) is 6.92 Å². The third-order valence-electron chi connectivity index (χ3n) is 3.28. The van der Waals surface area contributed by atoms with Crippen LogP contribution in [0.15, 0.2) is 6.07 Å². The minimum absolute atomic E-state index is 0.0473. The zero-order chi connectivity index (χ0) is 13.8. The lowest BCUT2D eigenvalue weighted by molar-refractivity contribution is 0.295. The second-order valence-electron chi connectivity index (χ2n) is 4.66. The maximum Gasteiger partial charge on any atom is 0.169 e. The zero-order valence-electron chi connectivity index (χ0n) is 11.4. The summed E-state index contributed by atoms with van der Waals surface area (Å²) in [5, 5.41) is 0. The minimum atomic E-state index is -0.425. The van der Waals surface area contributed by atoms with Gasteiger partial charge in [-0.2, -0.15) is 0 Å². The van der Waals surface area contributed by atoms with E-state index in [4.69, 9.17) is 19.9 Å². The van der Waals surface area contributed by atoms with Crippen molar-refractivity contribution < 1.29 is 18.6 Å². The maximum absolute atomic E-state index is 14.1. The maximum atomic E-state index is 14.1. The van der Waals surface area contributed by atoms with Crippen LogP contribution in [0.3, 0.4) is 0 Å². The van der Waals surface area contributed by atoms with Gasteiger partial charge in [-0.15, -0.1) is 0 Å². The van der Waals surface area contributed by atoms with Crippen molar-refractivity contribution in [2.45, 2.75) is 25.7 Å². The van der Waals surface area contributed by atoms with E-state index in [1.165, 1.54) is 13.2 Å². The molecule has 1 aromatic carbocycles. The Morgan fingerprint density at radius 3 is 2.84 bits per heavy atom. The fraction of sp³-hybridized carbons (Fsp3) is 0.571. The average molecular weight is 269 g/mol. The van der Waals surface area contributed by atoms with E-state index in [0.29, 0.717) is 36.8 Å². The Balaban J connectivity index is 2.54. The minimum Gasteiger partial charge on any atom is -0.493 e. The third-order valence-corrected chi connectivity index (χ3v) is 3.28. The van der Waals surface area contributed by atoms with Gasteiger partial charge in [-0.1, -0.05) is 6.92 Å². The van der Waals surface area contributed by atoms with Crippen molar-refractivity contribution in [1.29, 1.82) is 0 Å². The van der Waals surface area contributed by atoms with E-state index in [9.17, 15) is 4.39 Å². The Morgan fingerprint density at radius 2 is 2.16 bits per heavy atom. The van der Waals surface area contributed by atoms with Gasteiger partial charge in [0.25, 0.3) is 0 Å². The summed E-state index contributed by atoms with van der Waals surface area (Å²) in [6.07, 6.45) is 1.51. The normalized spacial score (nSPS) is 15.8. The molecule has 0 radical (unpaired) electrons. The first-order valence-corrected chi connectivity index (χ1v) is 6.55. The van der Waals surface area contributed by atoms with Crippen LogP contribution in [0.1, 0.15) is 31.2 Å². The molecule has 0 spiro atoms. The van der Waals surface area contributed by atoms with Crippen molar-refractivity contribution in [3.63, 3.8) is 0 Å². The lowest BCUT2D eigenvalue weighted by Crippen LogP contribution is -2.09. The summed E-state index contributed by atoms with van der Waals surface area (Å²) in [6.45, 7) is 3.60. The van der Waals surface area contributed by atoms with Crippen LogP contribution in [0.2, 0.25) is 0 Å². The number of hydrogen-bond acceptors (Lipinski definition) is 4. The molecule has 0 fully saturated rings. The van der Waals surface area contributed by atoms with Crippen molar-refractivity contribution in [3.8, 4) is 17.2 Å². The molecule has 5 heteroatoms. The smallest absolute Gasteiger partial charge is 0.169 e. The SMILES string of the molecule is COc1c(F)cc2c(c1C(C)CCN)OCCCO2. The molecule has 0 aromatic heterocycles. The van der Waals surface area contributed by atoms with Crippen LogP contribution in [-0.2, 0) is 0 Å². The van der Waals surface area contributed by atoms with Crippen LogP contribution in [-0.4, -0.2) is 26.9 Å². The second-order valence-corrected chi connectivity index (χ2v) is 4.66. The van der Waals surface area contributed by atoms with Gasteiger partial charge in [0.15, 0.2) is 23.1 Å². The molecule has 1 atom stereocenters. The predicted octanol–water partition coefficient (Wildman–Crippen LogP) is 2.45. The molecule has 0 amide bonds. The van der Waals surface area contributed by atoms with Gasteiger partial charge < -0.3 is 19.9 Å². The van der Waals surface area contributed by atoms with Crippen LogP contribution in [0.5, 0.6) is 17.2 Å². The van der Waals surface area contributed by atoms with Crippen LogP contribution in [0.25, 0.3) is 0 Å². The van der Waals surface area contributed by atoms with Gasteiger partial charge in [0.05, 0.1) is 20.3 Å². The highest BCUT2D eigenvalue weighted by Crippen LogP contribution is 2.45. The lowest BCUT2D eigenvalue weighted by atomic mass is 9.95. The molecule has 0 saturated heterocycles. The molecule has 1 aromatic rings. The molecule has 4 nitrogen and oxygen atoms in total. The van der Waals surface area contributed by atoms with E-state index >= 15 is 0 Å². The zero-order valence-corrected chi connectivity index (χ0v) is 11.4. The second kappa shape index (κ2) is 6.10. The van der Waals surface area contributed by atoms with Crippen molar-refractivity contribution in [1.82, 2.24) is 0 Å². The highest BCUT2D eigenvalue weighted by molar-refractivity contribution is 5.56. The average Bonchev–Trinajstić information content (AvgIpc) is 2.62. The summed E-state index contributed by atoms with van der Waals surface area (Å²) in [5.74, 6) is 0.897. The fourth-order valence-corrected chi connectivity index (χ4v) is 2.33. The number of benzene rings is 1. The van der Waals surface area contributed by atoms with E-state index in [2.05, 4.69) is 0 Å². The van der Waals surface area contributed by atoms with Crippen LogP contribution in [0.4, 0.5) is 4.39 Å². The Labute approximate surface area is 112 Å². The van der Waals surface area contributed by atoms with Crippen molar-refractivity contribution in [3.05, 3.63) is 17.4 Å². The van der Waals surface area contributed by atoms with Crippen LogP contribution < -0.4 is 19.9 Å². The molecule has 1 aliphatic rings. The first-order chi connectivity index (χ1) is 9.19. The number of fused-ring (bicyclic) bond motifs is 1. The molecular formula is C14H20FNO3. The topological polar surface area (TPSA) is 53.7 Å². The molecule has 1 aliphatic heterocycles. The summed E-state index contributed by atoms with van der Waals surface area (Å²) in [7, 11) is 1.46. The molecule has 2 N–H and O–H groups in total. The number of ether oxygens (including phenoxy) is 3. The van der Waals surface area contributed by atoms with Gasteiger partial charge in [0, 0.05) is 18.1 Å². The van der Waals surface area contributed by atoms with E-state index in [-0.39, 0.29) is 11.7 Å². The number of nitrogens with two attached hydrogens (primary N) is 1. The van der Waals surface area contributed by atoms with Gasteiger partial charge in [-0.05, 0) is 18.9 Å². The first-order valence-electron chi connectivity index (χ1n) is 6.55. The Kier molecular flexibility index (Phi) is 4.47. The summed E-state index contributed by atoms with van der Waals surface area (Å²) in [4.78, 5) is 0. The molecule has 2 rings (SSSR count). The summed E-state index contributed by atoms with van der Waals surface area (Å²) >= 11 is 0. The molecule has 1 heterocycles. The number of methoxy groups -OCH3 is 1. The van der Waals surface area contributed by atoms with Crippen LogP contribution in [0, 0.1) is 5.82 Å². The molecule has 0 saturated carbocycles. The van der Waals surface area contributed by atoms with Gasteiger partial charge >= 0.3 is 0 Å². The lowest BCUT2D eigenvalue weighted by Gasteiger charge is -2.21. The summed E-state index contributed by atoms with van der Waals surface area (Å²) in [6, 6.07) is 1.33. The van der Waals surface area contributed by atoms with Crippen molar-refractivity contribution in [2.75, 3.05) is 26.9 Å². The standard InChI is InChI=1S/C14H20FNO3/c1-9(4-5-16)12-13(17-2)10(15)8-11-14(12)19-7-3-6-18-11/h8-9H,3-7,16H2,1-2H3. The molecule has 0 bridgehead atoms. The highest BCUT2D eigenvalue weighted by Gasteiger charge is 2.26. The Hall–Kier alpha value is -1.49. The van der Waals surface area contributed by atoms with Crippen molar-refractivity contribution in [2.24, 2.45) is 5.73 Å². The van der Waals surface area contributed by atoms with Gasteiger partial charge in [0.1, 0.15) is 0 Å². The third kappa shape index (κ3) is 2.76. The quantitative estimate of drug-likeness (QED) is 0.912. The van der Waals surface area contributed by atoms with E-state index < -0.39 is 5.82 Å². The summed E-state index contributed by atoms with van der Waals surface area (Å²) < 4.78 is 30.6. The van der Waals surface area contributed by atoms with Gasteiger partial charge in [-0.3, -0.25) is 0 Å². The van der Waals surface area contributed by atoms with Gasteiger partial charge in [-0.25, -0.2) is 4.39 Å². The van der Waals surface area contributed by atoms with E-state index in [1.54, 1.807) is 0 Å². The Bertz CT molecular complexity index is 451. The largest absolute Gasteiger partial charge is 0.493 e. The first kappa shape index (κ1) is 13.9. The number of hydrogen-bond donors (Lipinski definition) is 1. The highest BCUT2D eigenvalue weighted by atomic mass is 19.1. The number of halogens is 1. The van der Waals surface area contributed by atoms with Gasteiger partial charge in [0.2, 0.25) is 0 Å².